The number of hydrogen-bond acceptors (Lipinski definition) is 2. The van der Waals surface area contributed by atoms with Crippen molar-refractivity contribution < 1.29 is 9.53 Å². The van der Waals surface area contributed by atoms with Gasteiger partial charge in [0, 0.05) is 12.4 Å². The predicted molar refractivity (Wildman–Crippen MR) is 112 cm³/mol. The van der Waals surface area contributed by atoms with Gasteiger partial charge in [0.2, 0.25) is 0 Å². The van der Waals surface area contributed by atoms with Crippen LogP contribution < -0.4 is 4.74 Å². The first-order valence-corrected chi connectivity index (χ1v) is 12.7. The quantitative estimate of drug-likeness (QED) is 0.473. The lowest BCUT2D eigenvalue weighted by atomic mass is 10.00. The number of amides is 1. The molecule has 142 valence electrons. The number of ether oxygens (including phenoxy) is 1. The number of allylic oxidation sites excluding steroid dienone is 2. The molecule has 1 aromatic carbocycles. The van der Waals surface area contributed by atoms with Crippen molar-refractivity contribution in [3.63, 3.8) is 0 Å². The Labute approximate surface area is 159 Å². The van der Waals surface area contributed by atoms with Crippen LogP contribution in [0.4, 0.5) is 4.79 Å². The van der Waals surface area contributed by atoms with Crippen LogP contribution in [0.5, 0.6) is 5.75 Å². The zero-order valence-electron chi connectivity index (χ0n) is 16.7. The normalized spacial score (nSPS) is 17.2. The highest BCUT2D eigenvalue weighted by Crippen LogP contribution is 2.38. The minimum atomic E-state index is -1.55. The fourth-order valence-corrected chi connectivity index (χ4v) is 8.08. The Balaban J connectivity index is 2.27. The van der Waals surface area contributed by atoms with Crippen LogP contribution >= 0.6 is 0 Å². The summed E-state index contributed by atoms with van der Waals surface area (Å²) in [7, 11) is -1.55. The molecule has 1 unspecified atom stereocenters. The van der Waals surface area contributed by atoms with Gasteiger partial charge in [-0.2, -0.15) is 0 Å². The van der Waals surface area contributed by atoms with Gasteiger partial charge in [-0.15, -0.1) is 0 Å². The monoisotopic (exact) mass is 371 g/mol. The van der Waals surface area contributed by atoms with E-state index in [0.29, 0.717) is 11.7 Å². The maximum Gasteiger partial charge on any atom is 0.423 e. The van der Waals surface area contributed by atoms with Gasteiger partial charge >= 0.3 is 6.09 Å². The van der Waals surface area contributed by atoms with Gasteiger partial charge in [-0.3, -0.25) is 4.90 Å². The maximum absolute atomic E-state index is 12.6. The van der Waals surface area contributed by atoms with Crippen LogP contribution in [0.1, 0.15) is 47.0 Å². The lowest BCUT2D eigenvalue weighted by Crippen LogP contribution is -2.41. The zero-order valence-corrected chi connectivity index (χ0v) is 17.7. The molecule has 0 N–H and O–H groups in total. The van der Waals surface area contributed by atoms with E-state index in [1.54, 1.807) is 4.90 Å². The Morgan fingerprint density at radius 3 is 2.31 bits per heavy atom. The molecule has 1 aliphatic rings. The third kappa shape index (κ3) is 4.67. The minimum Gasteiger partial charge on any atom is -0.410 e. The van der Waals surface area contributed by atoms with Crippen molar-refractivity contribution in [2.75, 3.05) is 0 Å². The number of para-hydroxylation sites is 1. The van der Waals surface area contributed by atoms with Crippen molar-refractivity contribution in [1.82, 2.24) is 4.90 Å². The SMILES string of the molecule is CCCCC1C=CN(C(=O)Oc2ccccc2)C=C1[Si](CC)(CC)CC. The van der Waals surface area contributed by atoms with Crippen molar-refractivity contribution in [2.45, 2.75) is 65.1 Å². The van der Waals surface area contributed by atoms with E-state index in [2.05, 4.69) is 40.0 Å². The molecule has 0 aliphatic carbocycles. The number of nitrogens with zero attached hydrogens (tertiary/aromatic N) is 1. The highest BCUT2D eigenvalue weighted by atomic mass is 28.3. The van der Waals surface area contributed by atoms with Crippen molar-refractivity contribution >= 4 is 14.2 Å². The molecule has 0 saturated heterocycles. The van der Waals surface area contributed by atoms with Gasteiger partial charge in [0.05, 0.1) is 8.07 Å². The van der Waals surface area contributed by atoms with Crippen molar-refractivity contribution in [3.8, 4) is 5.75 Å². The highest BCUT2D eigenvalue weighted by Gasteiger charge is 2.37. The molecule has 1 heterocycles. The summed E-state index contributed by atoms with van der Waals surface area (Å²) in [5, 5.41) is 1.52. The number of unbranched alkanes of at least 4 members (excludes halogenated alkanes) is 1. The molecule has 2 rings (SSSR count). The van der Waals surface area contributed by atoms with E-state index in [0.717, 1.165) is 0 Å². The molecule has 0 bridgehead atoms. The second-order valence-corrected chi connectivity index (χ2v) is 12.4. The Bertz CT molecular complexity index is 627. The standard InChI is InChI=1S/C22H33NO2Si/c1-5-9-13-19-16-17-23(18-21(19)26(6-2,7-3)8-4)22(24)25-20-14-11-10-12-15-20/h10-12,14-19H,5-9,13H2,1-4H3. The second-order valence-electron chi connectivity index (χ2n) is 7.10. The largest absolute Gasteiger partial charge is 0.423 e. The van der Waals surface area contributed by atoms with Crippen LogP contribution in [-0.4, -0.2) is 19.1 Å². The first kappa shape index (κ1) is 20.5. The van der Waals surface area contributed by atoms with Crippen molar-refractivity contribution in [1.29, 1.82) is 0 Å². The lowest BCUT2D eigenvalue weighted by molar-refractivity contribution is 0.181. The molecule has 0 spiro atoms. The van der Waals surface area contributed by atoms with Crippen molar-refractivity contribution in [2.24, 2.45) is 5.92 Å². The second kappa shape index (κ2) is 9.77. The molecule has 1 aromatic rings. The van der Waals surface area contributed by atoms with Gasteiger partial charge in [-0.05, 0) is 24.5 Å². The summed E-state index contributed by atoms with van der Waals surface area (Å²) in [6.45, 7) is 9.20. The molecule has 1 aliphatic heterocycles. The fourth-order valence-electron chi connectivity index (χ4n) is 3.91. The predicted octanol–water partition coefficient (Wildman–Crippen LogP) is 6.75. The smallest absolute Gasteiger partial charge is 0.410 e. The van der Waals surface area contributed by atoms with Crippen molar-refractivity contribution in [3.05, 3.63) is 54.0 Å². The molecule has 0 saturated carbocycles. The first-order chi connectivity index (χ1) is 12.6. The molecule has 1 atom stereocenters. The van der Waals surface area contributed by atoms with Crippen LogP contribution in [-0.2, 0) is 0 Å². The van der Waals surface area contributed by atoms with Gasteiger partial charge in [-0.25, -0.2) is 4.79 Å². The average molecular weight is 372 g/mol. The first-order valence-electron chi connectivity index (χ1n) is 10.1. The number of carbonyl (C=O) groups excluding carboxylic acids is 1. The Morgan fingerprint density at radius 1 is 1.08 bits per heavy atom. The summed E-state index contributed by atoms with van der Waals surface area (Å²) in [5.41, 5.74) is 0. The molecular formula is C22H33NO2Si. The van der Waals surface area contributed by atoms with Crippen LogP contribution in [0.2, 0.25) is 18.1 Å². The summed E-state index contributed by atoms with van der Waals surface area (Å²) in [4.78, 5) is 14.3. The van der Waals surface area contributed by atoms with Gasteiger partial charge in [0.15, 0.2) is 0 Å². The highest BCUT2D eigenvalue weighted by molar-refractivity contribution is 6.86. The lowest BCUT2D eigenvalue weighted by Gasteiger charge is -2.38. The number of rotatable bonds is 8. The summed E-state index contributed by atoms with van der Waals surface area (Å²) in [6.07, 6.45) is 9.50. The summed E-state index contributed by atoms with van der Waals surface area (Å²) < 4.78 is 5.54. The summed E-state index contributed by atoms with van der Waals surface area (Å²) in [6, 6.07) is 13.0. The van der Waals surface area contributed by atoms with Crippen LogP contribution in [0.15, 0.2) is 54.0 Å². The molecule has 0 fully saturated rings. The van der Waals surface area contributed by atoms with Crippen LogP contribution in [0.3, 0.4) is 0 Å². The molecule has 4 heteroatoms. The van der Waals surface area contributed by atoms with E-state index in [-0.39, 0.29) is 6.09 Å². The minimum absolute atomic E-state index is 0.329. The third-order valence-corrected chi connectivity index (χ3v) is 11.6. The molecule has 1 amide bonds. The third-order valence-electron chi connectivity index (χ3n) is 5.83. The topological polar surface area (TPSA) is 29.5 Å². The van der Waals surface area contributed by atoms with Gasteiger partial charge in [-0.1, -0.05) is 88.1 Å². The fraction of sp³-hybridized carbons (Fsp3) is 0.500. The molecule has 3 nitrogen and oxygen atoms in total. The zero-order chi connectivity index (χ0) is 19.0. The number of benzene rings is 1. The molecule has 0 radical (unpaired) electrons. The number of hydrogen-bond donors (Lipinski definition) is 0. The van der Waals surface area contributed by atoms with E-state index in [1.165, 1.54) is 42.6 Å². The van der Waals surface area contributed by atoms with Crippen LogP contribution in [0, 0.1) is 5.92 Å². The Kier molecular flexibility index (Phi) is 7.70. The van der Waals surface area contributed by atoms with E-state index < -0.39 is 8.07 Å². The van der Waals surface area contributed by atoms with Gasteiger partial charge < -0.3 is 4.74 Å². The summed E-state index contributed by atoms with van der Waals surface area (Å²) >= 11 is 0. The average Bonchev–Trinajstić information content (AvgIpc) is 2.69. The van der Waals surface area contributed by atoms with Crippen LogP contribution in [0.25, 0.3) is 0 Å². The maximum atomic E-state index is 12.6. The Hall–Kier alpha value is -1.81. The number of carbonyl (C=O) groups is 1. The van der Waals surface area contributed by atoms with E-state index in [4.69, 9.17) is 4.74 Å². The Morgan fingerprint density at radius 2 is 1.73 bits per heavy atom. The molecule has 0 aromatic heterocycles. The molecule has 26 heavy (non-hydrogen) atoms. The summed E-state index contributed by atoms with van der Waals surface area (Å²) in [5.74, 6) is 1.06. The van der Waals surface area contributed by atoms with Gasteiger partial charge in [0.25, 0.3) is 0 Å². The van der Waals surface area contributed by atoms with E-state index >= 15 is 0 Å². The molecular weight excluding hydrogens is 338 g/mol. The van der Waals surface area contributed by atoms with E-state index in [9.17, 15) is 4.79 Å². The van der Waals surface area contributed by atoms with Gasteiger partial charge in [0.1, 0.15) is 5.75 Å². The van der Waals surface area contributed by atoms with E-state index in [1.807, 2.05) is 36.5 Å².